The molecule has 7 nitrogen and oxygen atoms in total. The lowest BCUT2D eigenvalue weighted by Gasteiger charge is -2.35. The largest absolute Gasteiger partial charge is 0.488 e. The van der Waals surface area contributed by atoms with Crippen molar-refractivity contribution >= 4 is 27.5 Å². The molecule has 4 atom stereocenters. The number of hydrogen-bond donors (Lipinski definition) is 2. The van der Waals surface area contributed by atoms with Crippen molar-refractivity contribution in [3.05, 3.63) is 29.3 Å². The van der Waals surface area contributed by atoms with Gasteiger partial charge in [-0.05, 0) is 42.9 Å². The predicted molar refractivity (Wildman–Crippen MR) is 97.5 cm³/mol. The molecule has 1 aromatic carbocycles. The van der Waals surface area contributed by atoms with E-state index in [-0.39, 0.29) is 30.4 Å². The summed E-state index contributed by atoms with van der Waals surface area (Å²) < 4.78 is 30.4. The summed E-state index contributed by atoms with van der Waals surface area (Å²) in [4.78, 5) is 13.9. The number of aliphatic hydroxyl groups is 1. The molecule has 1 amide bonds. The molecule has 0 spiro atoms. The SMILES string of the molecule is CS(=O)(=O)NCC(=O)N1C[C@H]2C[C@@H](Oc3cccc(Cl)c3)[C@H](O)C[C@H]2C1. The molecule has 1 saturated carbocycles. The van der Waals surface area contributed by atoms with Gasteiger partial charge in [-0.3, -0.25) is 4.79 Å². The zero-order valence-electron chi connectivity index (χ0n) is 14.5. The van der Waals surface area contributed by atoms with Crippen molar-refractivity contribution in [1.29, 1.82) is 0 Å². The number of carbonyl (C=O) groups excluding carboxylic acids is 1. The molecule has 144 valence electrons. The van der Waals surface area contributed by atoms with E-state index in [1.54, 1.807) is 29.2 Å². The average molecular weight is 403 g/mol. The van der Waals surface area contributed by atoms with E-state index < -0.39 is 16.1 Å². The molecule has 1 heterocycles. The van der Waals surface area contributed by atoms with Crippen molar-refractivity contribution in [3.63, 3.8) is 0 Å². The molecule has 1 aliphatic heterocycles. The van der Waals surface area contributed by atoms with Gasteiger partial charge in [0.25, 0.3) is 0 Å². The number of aliphatic hydroxyl groups excluding tert-OH is 1. The van der Waals surface area contributed by atoms with Crippen molar-refractivity contribution in [3.8, 4) is 5.75 Å². The molecule has 3 rings (SSSR count). The van der Waals surface area contributed by atoms with Crippen molar-refractivity contribution in [2.24, 2.45) is 11.8 Å². The topological polar surface area (TPSA) is 95.9 Å². The molecule has 26 heavy (non-hydrogen) atoms. The fourth-order valence-electron chi connectivity index (χ4n) is 3.74. The Kier molecular flexibility index (Phi) is 5.76. The highest BCUT2D eigenvalue weighted by Crippen LogP contribution is 2.38. The zero-order chi connectivity index (χ0) is 18.9. The second kappa shape index (κ2) is 7.72. The van der Waals surface area contributed by atoms with Crippen LogP contribution >= 0.6 is 11.6 Å². The fourth-order valence-corrected chi connectivity index (χ4v) is 4.31. The number of rotatable bonds is 5. The first-order valence-electron chi connectivity index (χ1n) is 8.54. The van der Waals surface area contributed by atoms with Gasteiger partial charge >= 0.3 is 0 Å². The van der Waals surface area contributed by atoms with E-state index in [1.807, 2.05) is 0 Å². The number of fused-ring (bicyclic) bond motifs is 1. The van der Waals surface area contributed by atoms with Gasteiger partial charge in [-0.25, -0.2) is 13.1 Å². The van der Waals surface area contributed by atoms with Gasteiger partial charge in [-0.15, -0.1) is 0 Å². The maximum Gasteiger partial charge on any atom is 0.237 e. The highest BCUT2D eigenvalue weighted by Gasteiger charge is 2.43. The van der Waals surface area contributed by atoms with Crippen LogP contribution in [0.5, 0.6) is 5.75 Å². The number of amides is 1. The number of carbonyl (C=O) groups is 1. The minimum Gasteiger partial charge on any atom is -0.488 e. The molecule has 1 saturated heterocycles. The molecule has 2 fully saturated rings. The maximum absolute atomic E-state index is 12.2. The molecular formula is C17H23ClN2O5S. The minimum absolute atomic E-state index is 0.200. The third kappa shape index (κ3) is 4.88. The first-order chi connectivity index (χ1) is 12.2. The lowest BCUT2D eigenvalue weighted by Crippen LogP contribution is -2.42. The van der Waals surface area contributed by atoms with Gasteiger partial charge in [-0.2, -0.15) is 0 Å². The monoisotopic (exact) mass is 402 g/mol. The normalized spacial score (nSPS) is 28.7. The Labute approximate surface area is 158 Å². The maximum atomic E-state index is 12.2. The number of likely N-dealkylation sites (tertiary alicyclic amines) is 1. The van der Waals surface area contributed by atoms with Gasteiger partial charge in [-0.1, -0.05) is 17.7 Å². The number of benzene rings is 1. The Morgan fingerprint density at radius 1 is 1.35 bits per heavy atom. The van der Waals surface area contributed by atoms with E-state index in [0.717, 1.165) is 6.26 Å². The van der Waals surface area contributed by atoms with Crippen LogP contribution in [0.2, 0.25) is 5.02 Å². The van der Waals surface area contributed by atoms with E-state index in [4.69, 9.17) is 16.3 Å². The van der Waals surface area contributed by atoms with Crippen molar-refractivity contribution < 1.29 is 23.1 Å². The van der Waals surface area contributed by atoms with Crippen LogP contribution in [-0.2, 0) is 14.8 Å². The Morgan fingerprint density at radius 3 is 2.69 bits per heavy atom. The van der Waals surface area contributed by atoms with Gasteiger partial charge in [0.1, 0.15) is 11.9 Å². The minimum atomic E-state index is -3.40. The Hall–Kier alpha value is -1.35. The highest BCUT2D eigenvalue weighted by atomic mass is 35.5. The van der Waals surface area contributed by atoms with Gasteiger partial charge in [0, 0.05) is 18.1 Å². The summed E-state index contributed by atoms with van der Waals surface area (Å²) in [6.45, 7) is 0.857. The quantitative estimate of drug-likeness (QED) is 0.761. The highest BCUT2D eigenvalue weighted by molar-refractivity contribution is 7.88. The fraction of sp³-hybridized carbons (Fsp3) is 0.588. The van der Waals surface area contributed by atoms with Crippen LogP contribution in [0.15, 0.2) is 24.3 Å². The molecule has 0 radical (unpaired) electrons. The molecule has 0 unspecified atom stereocenters. The molecule has 0 bridgehead atoms. The van der Waals surface area contributed by atoms with Crippen molar-refractivity contribution in [2.45, 2.75) is 25.0 Å². The number of halogens is 1. The molecule has 0 aromatic heterocycles. The number of nitrogens with one attached hydrogen (secondary N) is 1. The van der Waals surface area contributed by atoms with E-state index >= 15 is 0 Å². The van der Waals surface area contributed by atoms with E-state index in [0.29, 0.717) is 36.7 Å². The van der Waals surface area contributed by atoms with Crippen LogP contribution < -0.4 is 9.46 Å². The molecule has 9 heteroatoms. The lowest BCUT2D eigenvalue weighted by atomic mass is 9.78. The second-order valence-electron chi connectivity index (χ2n) is 7.06. The summed E-state index contributed by atoms with van der Waals surface area (Å²) in [6, 6.07) is 7.06. The summed E-state index contributed by atoms with van der Waals surface area (Å²) in [7, 11) is -3.40. The standard InChI is InChI=1S/C17H23ClN2O5S/c1-26(23,24)19-8-17(22)20-9-11-5-15(21)16(6-12(11)10-20)25-14-4-2-3-13(18)7-14/h2-4,7,11-12,15-16,19,21H,5-6,8-10H2,1H3/t11-,12+,15+,16+/m0/s1. The number of hydrogen-bond acceptors (Lipinski definition) is 5. The Bertz CT molecular complexity index is 772. The first-order valence-corrected chi connectivity index (χ1v) is 10.8. The Balaban J connectivity index is 1.58. The Morgan fingerprint density at radius 2 is 2.04 bits per heavy atom. The van der Waals surface area contributed by atoms with Crippen LogP contribution in [0.3, 0.4) is 0 Å². The van der Waals surface area contributed by atoms with Crippen molar-refractivity contribution in [1.82, 2.24) is 9.62 Å². The van der Waals surface area contributed by atoms with Crippen LogP contribution in [-0.4, -0.2) is 62.4 Å². The summed E-state index contributed by atoms with van der Waals surface area (Å²) in [5.74, 6) is 0.797. The van der Waals surface area contributed by atoms with Crippen LogP contribution in [0.1, 0.15) is 12.8 Å². The summed E-state index contributed by atoms with van der Waals surface area (Å²) in [5, 5.41) is 11.0. The van der Waals surface area contributed by atoms with Crippen LogP contribution in [0, 0.1) is 11.8 Å². The number of ether oxygens (including phenoxy) is 1. The van der Waals surface area contributed by atoms with Crippen LogP contribution in [0.4, 0.5) is 0 Å². The summed E-state index contributed by atoms with van der Waals surface area (Å²) in [6.07, 6.45) is 1.26. The first kappa shape index (κ1) is 19.4. The van der Waals surface area contributed by atoms with Gasteiger partial charge in [0.2, 0.25) is 15.9 Å². The van der Waals surface area contributed by atoms with Gasteiger partial charge in [0.15, 0.2) is 0 Å². The smallest absolute Gasteiger partial charge is 0.237 e. The number of nitrogens with zero attached hydrogens (tertiary/aromatic N) is 1. The lowest BCUT2D eigenvalue weighted by molar-refractivity contribution is -0.129. The van der Waals surface area contributed by atoms with Gasteiger partial charge < -0.3 is 14.7 Å². The third-order valence-electron chi connectivity index (χ3n) is 5.01. The third-order valence-corrected chi connectivity index (χ3v) is 5.91. The van der Waals surface area contributed by atoms with Crippen molar-refractivity contribution in [2.75, 3.05) is 25.9 Å². The van der Waals surface area contributed by atoms with E-state index in [1.165, 1.54) is 0 Å². The number of sulfonamides is 1. The molecule has 1 aliphatic carbocycles. The summed E-state index contributed by atoms with van der Waals surface area (Å²) in [5.41, 5.74) is 0. The molecule has 1 aromatic rings. The van der Waals surface area contributed by atoms with Gasteiger partial charge in [0.05, 0.1) is 18.9 Å². The average Bonchev–Trinajstić information content (AvgIpc) is 2.95. The molecule has 2 N–H and O–H groups in total. The second-order valence-corrected chi connectivity index (χ2v) is 9.33. The van der Waals surface area contributed by atoms with E-state index in [2.05, 4.69) is 4.72 Å². The zero-order valence-corrected chi connectivity index (χ0v) is 16.0. The summed E-state index contributed by atoms with van der Waals surface area (Å²) >= 11 is 5.97. The predicted octanol–water partition coefficient (Wildman–Crippen LogP) is 0.866. The molecular weight excluding hydrogens is 380 g/mol. The molecule has 2 aliphatic rings. The van der Waals surface area contributed by atoms with Crippen LogP contribution in [0.25, 0.3) is 0 Å². The van der Waals surface area contributed by atoms with E-state index in [9.17, 15) is 18.3 Å².